The number of halogens is 2. The van der Waals surface area contributed by atoms with E-state index in [2.05, 4.69) is 5.16 Å². The smallest absolute Gasteiger partial charge is 0.172 e. The van der Waals surface area contributed by atoms with Gasteiger partial charge < -0.3 is 15.8 Å². The maximum atomic E-state index is 8.89. The Morgan fingerprint density at radius 2 is 1.95 bits per heavy atom. The summed E-state index contributed by atoms with van der Waals surface area (Å²) >= 11 is 12.2. The molecule has 0 amide bonds. The van der Waals surface area contributed by atoms with Gasteiger partial charge in [0, 0.05) is 34.9 Å². The molecule has 0 aromatic heterocycles. The first kappa shape index (κ1) is 15.5. The molecule has 0 saturated heterocycles. The molecule has 21 heavy (non-hydrogen) atoms. The third kappa shape index (κ3) is 3.60. The summed E-state index contributed by atoms with van der Waals surface area (Å²) < 4.78 is 0. The van der Waals surface area contributed by atoms with Gasteiger partial charge in [0.1, 0.15) is 0 Å². The minimum absolute atomic E-state index is 0.0349. The van der Waals surface area contributed by atoms with E-state index in [4.69, 9.17) is 34.1 Å². The molecule has 3 N–H and O–H groups in total. The summed E-state index contributed by atoms with van der Waals surface area (Å²) in [7, 11) is 1.89. The Morgan fingerprint density at radius 1 is 1.24 bits per heavy atom. The van der Waals surface area contributed by atoms with Gasteiger partial charge in [-0.05, 0) is 29.8 Å². The monoisotopic (exact) mass is 323 g/mol. The zero-order chi connectivity index (χ0) is 15.4. The number of rotatable bonds is 4. The molecule has 6 heteroatoms. The number of nitrogens with two attached hydrogens (primary N) is 1. The van der Waals surface area contributed by atoms with Gasteiger partial charge >= 0.3 is 0 Å². The van der Waals surface area contributed by atoms with Crippen LogP contribution >= 0.6 is 23.2 Å². The SMILES string of the molecule is CN(Cc1ccccc1Cl)c1cc(Cl)ccc1C(N)=NO. The summed E-state index contributed by atoms with van der Waals surface area (Å²) in [5.74, 6) is 0.0349. The number of nitrogens with zero attached hydrogens (tertiary/aromatic N) is 2. The van der Waals surface area contributed by atoms with E-state index in [1.165, 1.54) is 0 Å². The van der Waals surface area contributed by atoms with Crippen molar-refractivity contribution in [1.82, 2.24) is 0 Å². The maximum absolute atomic E-state index is 8.89. The molecule has 110 valence electrons. The predicted octanol–water partition coefficient (Wildman–Crippen LogP) is 3.72. The Bertz CT molecular complexity index is 674. The predicted molar refractivity (Wildman–Crippen MR) is 87.5 cm³/mol. The van der Waals surface area contributed by atoms with E-state index in [1.807, 2.05) is 36.2 Å². The highest BCUT2D eigenvalue weighted by Crippen LogP contribution is 2.26. The molecule has 0 aliphatic rings. The minimum Gasteiger partial charge on any atom is -0.409 e. The molecular weight excluding hydrogens is 309 g/mol. The van der Waals surface area contributed by atoms with Crippen LogP contribution < -0.4 is 10.6 Å². The second-order valence-corrected chi connectivity index (χ2v) is 5.44. The van der Waals surface area contributed by atoms with Crippen molar-refractivity contribution in [2.24, 2.45) is 10.9 Å². The first-order chi connectivity index (χ1) is 10.0. The largest absolute Gasteiger partial charge is 0.409 e. The van der Waals surface area contributed by atoms with Crippen LogP contribution in [0, 0.1) is 0 Å². The van der Waals surface area contributed by atoms with Crippen LogP contribution in [0.4, 0.5) is 5.69 Å². The van der Waals surface area contributed by atoms with Gasteiger partial charge in [0.25, 0.3) is 0 Å². The molecule has 0 unspecified atom stereocenters. The van der Waals surface area contributed by atoms with Gasteiger partial charge in [0.15, 0.2) is 5.84 Å². The molecule has 0 atom stereocenters. The van der Waals surface area contributed by atoms with Gasteiger partial charge in [-0.2, -0.15) is 0 Å². The molecule has 0 bridgehead atoms. The lowest BCUT2D eigenvalue weighted by Crippen LogP contribution is -2.22. The van der Waals surface area contributed by atoms with Gasteiger partial charge in [-0.15, -0.1) is 0 Å². The fraction of sp³-hybridized carbons (Fsp3) is 0.133. The fourth-order valence-electron chi connectivity index (χ4n) is 2.06. The van der Waals surface area contributed by atoms with Crippen LogP contribution in [0.5, 0.6) is 0 Å². The van der Waals surface area contributed by atoms with Crippen LogP contribution in [0.1, 0.15) is 11.1 Å². The van der Waals surface area contributed by atoms with Crippen molar-refractivity contribution in [2.75, 3.05) is 11.9 Å². The van der Waals surface area contributed by atoms with Crippen molar-refractivity contribution < 1.29 is 5.21 Å². The van der Waals surface area contributed by atoms with E-state index in [-0.39, 0.29) is 5.84 Å². The quantitative estimate of drug-likeness (QED) is 0.390. The molecule has 4 nitrogen and oxygen atoms in total. The van der Waals surface area contributed by atoms with Crippen LogP contribution in [0.25, 0.3) is 0 Å². The Kier molecular flexibility index (Phi) is 4.94. The summed E-state index contributed by atoms with van der Waals surface area (Å²) in [4.78, 5) is 1.94. The average molecular weight is 324 g/mol. The van der Waals surface area contributed by atoms with Crippen molar-refractivity contribution >= 4 is 34.7 Å². The van der Waals surface area contributed by atoms with E-state index in [9.17, 15) is 0 Å². The molecule has 2 rings (SSSR count). The number of anilines is 1. The van der Waals surface area contributed by atoms with Crippen LogP contribution in [0.15, 0.2) is 47.6 Å². The van der Waals surface area contributed by atoms with Gasteiger partial charge in [-0.1, -0.05) is 46.6 Å². The summed E-state index contributed by atoms with van der Waals surface area (Å²) in [6.07, 6.45) is 0. The Hall–Kier alpha value is -1.91. The first-order valence-electron chi connectivity index (χ1n) is 6.25. The topological polar surface area (TPSA) is 61.8 Å². The number of hydrogen-bond acceptors (Lipinski definition) is 3. The molecular formula is C15H15Cl2N3O. The molecule has 0 spiro atoms. The van der Waals surface area contributed by atoms with Crippen molar-refractivity contribution in [1.29, 1.82) is 0 Å². The second kappa shape index (κ2) is 6.70. The van der Waals surface area contributed by atoms with Crippen LogP contribution in [0.2, 0.25) is 10.0 Å². The summed E-state index contributed by atoms with van der Waals surface area (Å²) in [6, 6.07) is 12.8. The van der Waals surface area contributed by atoms with E-state index in [1.54, 1.807) is 18.2 Å². The molecule has 2 aromatic carbocycles. The zero-order valence-electron chi connectivity index (χ0n) is 11.4. The number of amidine groups is 1. The normalized spacial score (nSPS) is 11.5. The van der Waals surface area contributed by atoms with E-state index < -0.39 is 0 Å². The molecule has 0 aliphatic carbocycles. The van der Waals surface area contributed by atoms with Gasteiger partial charge in [0.2, 0.25) is 0 Å². The van der Waals surface area contributed by atoms with E-state index in [0.29, 0.717) is 22.2 Å². The third-order valence-corrected chi connectivity index (χ3v) is 3.72. The number of hydrogen-bond donors (Lipinski definition) is 2. The molecule has 2 aromatic rings. The van der Waals surface area contributed by atoms with E-state index in [0.717, 1.165) is 11.3 Å². The molecule has 0 fully saturated rings. The minimum atomic E-state index is 0.0349. The number of benzene rings is 2. The lowest BCUT2D eigenvalue weighted by molar-refractivity contribution is 0.318. The Balaban J connectivity index is 2.37. The second-order valence-electron chi connectivity index (χ2n) is 4.59. The lowest BCUT2D eigenvalue weighted by atomic mass is 10.1. The maximum Gasteiger partial charge on any atom is 0.172 e. The van der Waals surface area contributed by atoms with Crippen LogP contribution in [-0.2, 0) is 6.54 Å². The highest BCUT2D eigenvalue weighted by atomic mass is 35.5. The van der Waals surface area contributed by atoms with E-state index >= 15 is 0 Å². The molecule has 0 saturated carbocycles. The van der Waals surface area contributed by atoms with Crippen molar-refractivity contribution in [3.63, 3.8) is 0 Å². The molecule has 0 heterocycles. The zero-order valence-corrected chi connectivity index (χ0v) is 12.9. The summed E-state index contributed by atoms with van der Waals surface area (Å²) in [6.45, 7) is 0.575. The van der Waals surface area contributed by atoms with Gasteiger partial charge in [0.05, 0.1) is 0 Å². The van der Waals surface area contributed by atoms with Crippen molar-refractivity contribution in [2.45, 2.75) is 6.54 Å². The van der Waals surface area contributed by atoms with Gasteiger partial charge in [-0.3, -0.25) is 0 Å². The van der Waals surface area contributed by atoms with Gasteiger partial charge in [-0.25, -0.2) is 0 Å². The lowest BCUT2D eigenvalue weighted by Gasteiger charge is -2.23. The highest BCUT2D eigenvalue weighted by Gasteiger charge is 2.13. The first-order valence-corrected chi connectivity index (χ1v) is 7.00. The van der Waals surface area contributed by atoms with Crippen molar-refractivity contribution in [3.8, 4) is 0 Å². The standard InChI is InChI=1S/C15H15Cl2N3O/c1-20(9-10-4-2-3-5-13(10)17)14-8-11(16)6-7-12(14)15(18)19-21/h2-8,21H,9H2,1H3,(H2,18,19). The fourth-order valence-corrected chi connectivity index (χ4v) is 2.42. The highest BCUT2D eigenvalue weighted by molar-refractivity contribution is 6.31. The third-order valence-electron chi connectivity index (χ3n) is 3.12. The Labute approximate surface area is 133 Å². The van der Waals surface area contributed by atoms with Crippen LogP contribution in [0.3, 0.4) is 0 Å². The Morgan fingerprint density at radius 3 is 2.62 bits per heavy atom. The van der Waals surface area contributed by atoms with Crippen LogP contribution in [-0.4, -0.2) is 18.1 Å². The molecule has 0 radical (unpaired) electrons. The average Bonchev–Trinajstić information content (AvgIpc) is 2.48. The molecule has 0 aliphatic heterocycles. The van der Waals surface area contributed by atoms with Crippen molar-refractivity contribution in [3.05, 3.63) is 63.6 Å². The summed E-state index contributed by atoms with van der Waals surface area (Å²) in [5, 5.41) is 13.2. The number of oxime groups is 1. The summed E-state index contributed by atoms with van der Waals surface area (Å²) in [5.41, 5.74) is 8.06.